The molecule has 4 aromatic rings. The largest absolute Gasteiger partial charge is 0.497 e. The van der Waals surface area contributed by atoms with Gasteiger partial charge in [-0.3, -0.25) is 4.79 Å². The average molecular weight is 364 g/mol. The van der Waals surface area contributed by atoms with Crippen LogP contribution in [0.2, 0.25) is 0 Å². The number of hydrogen-bond donors (Lipinski definition) is 0. The second-order valence-corrected chi connectivity index (χ2v) is 6.58. The molecule has 0 unspecified atom stereocenters. The number of rotatable bonds is 5. The second kappa shape index (κ2) is 7.93. The molecule has 0 heterocycles. The summed E-state index contributed by atoms with van der Waals surface area (Å²) in [4.78, 5) is 12.8. The summed E-state index contributed by atoms with van der Waals surface area (Å²) in [7, 11) is 1.65. The van der Waals surface area contributed by atoms with Crippen LogP contribution in [0.15, 0.2) is 103 Å². The number of carbonyl (C=O) groups excluding carboxylic acids is 1. The van der Waals surface area contributed by atoms with Crippen LogP contribution in [0.3, 0.4) is 0 Å². The summed E-state index contributed by atoms with van der Waals surface area (Å²) < 4.78 is 5.20. The fourth-order valence-electron chi connectivity index (χ4n) is 3.21. The van der Waals surface area contributed by atoms with Gasteiger partial charge in [-0.2, -0.15) is 0 Å². The van der Waals surface area contributed by atoms with Crippen molar-refractivity contribution >= 4 is 5.78 Å². The Bertz CT molecular complexity index is 1060. The van der Waals surface area contributed by atoms with Gasteiger partial charge in [0, 0.05) is 11.1 Å². The molecule has 0 fully saturated rings. The third kappa shape index (κ3) is 3.72. The highest BCUT2D eigenvalue weighted by molar-refractivity contribution is 6.09. The van der Waals surface area contributed by atoms with E-state index in [1.54, 1.807) is 7.11 Å². The Kier molecular flexibility index (Phi) is 5.03. The first-order chi connectivity index (χ1) is 13.7. The molecular formula is C26H20O2. The molecule has 4 aromatic carbocycles. The standard InChI is InChI=1S/C26H20O2/c1-28-25-17-15-22(16-18-25)21-9-13-24(14-10-21)26(27)23-11-7-20(8-12-23)19-5-3-2-4-6-19/h2-18H,1H3. The third-order valence-electron chi connectivity index (χ3n) is 4.82. The van der Waals surface area contributed by atoms with E-state index in [1.165, 1.54) is 0 Å². The summed E-state index contributed by atoms with van der Waals surface area (Å²) in [5.74, 6) is 0.857. The van der Waals surface area contributed by atoms with Gasteiger partial charge in [-0.15, -0.1) is 0 Å². The summed E-state index contributed by atoms with van der Waals surface area (Å²) in [6.07, 6.45) is 0. The van der Waals surface area contributed by atoms with Crippen molar-refractivity contribution in [3.8, 4) is 28.0 Å². The molecule has 0 bridgehead atoms. The second-order valence-electron chi connectivity index (χ2n) is 6.58. The number of benzene rings is 4. The summed E-state index contributed by atoms with van der Waals surface area (Å²) in [6, 6.07) is 33.5. The maximum absolute atomic E-state index is 12.8. The zero-order valence-corrected chi connectivity index (χ0v) is 15.6. The van der Waals surface area contributed by atoms with E-state index < -0.39 is 0 Å². The molecule has 0 aromatic heterocycles. The number of ketones is 1. The predicted octanol–water partition coefficient (Wildman–Crippen LogP) is 6.26. The molecule has 28 heavy (non-hydrogen) atoms. The van der Waals surface area contributed by atoms with Crippen LogP contribution >= 0.6 is 0 Å². The van der Waals surface area contributed by atoms with Crippen molar-refractivity contribution in [2.75, 3.05) is 7.11 Å². The van der Waals surface area contributed by atoms with Crippen LogP contribution in [0.4, 0.5) is 0 Å². The first-order valence-electron chi connectivity index (χ1n) is 9.19. The maximum Gasteiger partial charge on any atom is 0.193 e. The Morgan fingerprint density at radius 1 is 0.536 bits per heavy atom. The first-order valence-corrected chi connectivity index (χ1v) is 9.19. The minimum atomic E-state index is 0.0286. The normalized spacial score (nSPS) is 10.5. The summed E-state index contributed by atoms with van der Waals surface area (Å²) in [5, 5.41) is 0. The van der Waals surface area contributed by atoms with E-state index in [-0.39, 0.29) is 5.78 Å². The van der Waals surface area contributed by atoms with Crippen LogP contribution in [-0.4, -0.2) is 12.9 Å². The van der Waals surface area contributed by atoms with Gasteiger partial charge in [0.15, 0.2) is 5.78 Å². The predicted molar refractivity (Wildman–Crippen MR) is 114 cm³/mol. The van der Waals surface area contributed by atoms with Crippen LogP contribution in [0.1, 0.15) is 15.9 Å². The summed E-state index contributed by atoms with van der Waals surface area (Å²) in [5.41, 5.74) is 5.78. The molecule has 0 saturated carbocycles. The van der Waals surface area contributed by atoms with E-state index in [0.29, 0.717) is 11.1 Å². The zero-order valence-electron chi connectivity index (χ0n) is 15.6. The van der Waals surface area contributed by atoms with Crippen molar-refractivity contribution in [2.24, 2.45) is 0 Å². The molecule has 0 aliphatic heterocycles. The highest BCUT2D eigenvalue weighted by Crippen LogP contribution is 2.24. The smallest absolute Gasteiger partial charge is 0.193 e. The van der Waals surface area contributed by atoms with Crippen LogP contribution in [-0.2, 0) is 0 Å². The Morgan fingerprint density at radius 3 is 1.36 bits per heavy atom. The van der Waals surface area contributed by atoms with Gasteiger partial charge in [0.25, 0.3) is 0 Å². The molecule has 0 spiro atoms. The summed E-state index contributed by atoms with van der Waals surface area (Å²) in [6.45, 7) is 0. The quantitative estimate of drug-likeness (QED) is 0.391. The first kappa shape index (κ1) is 17.7. The third-order valence-corrected chi connectivity index (χ3v) is 4.82. The highest BCUT2D eigenvalue weighted by Gasteiger charge is 2.10. The molecule has 0 saturated heterocycles. The van der Waals surface area contributed by atoms with E-state index in [9.17, 15) is 4.79 Å². The molecule has 0 N–H and O–H groups in total. The lowest BCUT2D eigenvalue weighted by Gasteiger charge is -2.07. The van der Waals surface area contributed by atoms with Crippen LogP contribution in [0.5, 0.6) is 5.75 Å². The lowest BCUT2D eigenvalue weighted by atomic mass is 9.97. The van der Waals surface area contributed by atoms with Crippen LogP contribution in [0.25, 0.3) is 22.3 Å². The van der Waals surface area contributed by atoms with E-state index >= 15 is 0 Å². The highest BCUT2D eigenvalue weighted by atomic mass is 16.5. The average Bonchev–Trinajstić information content (AvgIpc) is 2.79. The van der Waals surface area contributed by atoms with Crippen LogP contribution < -0.4 is 4.74 Å². The number of carbonyl (C=O) groups is 1. The number of methoxy groups -OCH3 is 1. The van der Waals surface area contributed by atoms with Crippen LogP contribution in [0, 0.1) is 0 Å². The molecule has 136 valence electrons. The van der Waals surface area contributed by atoms with Crippen molar-refractivity contribution in [3.05, 3.63) is 114 Å². The Morgan fingerprint density at radius 2 is 0.929 bits per heavy atom. The van der Waals surface area contributed by atoms with E-state index in [0.717, 1.165) is 28.0 Å². The van der Waals surface area contributed by atoms with Gasteiger partial charge in [-0.1, -0.05) is 91.0 Å². The van der Waals surface area contributed by atoms with Crippen molar-refractivity contribution in [1.29, 1.82) is 0 Å². The van der Waals surface area contributed by atoms with Crippen molar-refractivity contribution in [3.63, 3.8) is 0 Å². The molecule has 0 radical (unpaired) electrons. The van der Waals surface area contributed by atoms with Crippen molar-refractivity contribution in [2.45, 2.75) is 0 Å². The lowest BCUT2D eigenvalue weighted by molar-refractivity contribution is 0.103. The van der Waals surface area contributed by atoms with Gasteiger partial charge in [0.05, 0.1) is 7.11 Å². The molecule has 0 aliphatic rings. The van der Waals surface area contributed by atoms with E-state index in [2.05, 4.69) is 12.1 Å². The number of hydrogen-bond acceptors (Lipinski definition) is 2. The minimum absolute atomic E-state index is 0.0286. The topological polar surface area (TPSA) is 26.3 Å². The van der Waals surface area contributed by atoms with Gasteiger partial charge >= 0.3 is 0 Å². The molecule has 0 aliphatic carbocycles. The molecule has 0 amide bonds. The van der Waals surface area contributed by atoms with E-state index in [4.69, 9.17) is 4.74 Å². The van der Waals surface area contributed by atoms with Crippen molar-refractivity contribution < 1.29 is 9.53 Å². The van der Waals surface area contributed by atoms with E-state index in [1.807, 2.05) is 91.0 Å². The zero-order chi connectivity index (χ0) is 19.3. The SMILES string of the molecule is COc1ccc(-c2ccc(C(=O)c3ccc(-c4ccccc4)cc3)cc2)cc1. The maximum atomic E-state index is 12.8. The minimum Gasteiger partial charge on any atom is -0.497 e. The Balaban J connectivity index is 1.53. The van der Waals surface area contributed by atoms with Gasteiger partial charge in [0.1, 0.15) is 5.75 Å². The van der Waals surface area contributed by atoms with Gasteiger partial charge in [-0.25, -0.2) is 0 Å². The van der Waals surface area contributed by atoms with Gasteiger partial charge < -0.3 is 4.74 Å². The monoisotopic (exact) mass is 364 g/mol. The molecule has 2 nitrogen and oxygen atoms in total. The fourth-order valence-corrected chi connectivity index (χ4v) is 3.21. The molecule has 4 rings (SSSR count). The van der Waals surface area contributed by atoms with Crippen molar-refractivity contribution in [1.82, 2.24) is 0 Å². The Labute approximate surface area is 165 Å². The van der Waals surface area contributed by atoms with Gasteiger partial charge in [0.2, 0.25) is 0 Å². The fraction of sp³-hybridized carbons (Fsp3) is 0.0385. The lowest BCUT2D eigenvalue weighted by Crippen LogP contribution is -2.00. The molecular weight excluding hydrogens is 344 g/mol. The van der Waals surface area contributed by atoms with Gasteiger partial charge in [-0.05, 0) is 34.4 Å². The number of ether oxygens (including phenoxy) is 1. The Hall–Kier alpha value is -3.65. The molecule has 2 heteroatoms. The summed E-state index contributed by atoms with van der Waals surface area (Å²) >= 11 is 0. The molecule has 0 atom stereocenters.